The van der Waals surface area contributed by atoms with Gasteiger partial charge in [-0.25, -0.2) is 0 Å². The molecule has 0 aromatic carbocycles. The van der Waals surface area contributed by atoms with Crippen molar-refractivity contribution in [3.05, 3.63) is 36.1 Å². The molecule has 0 amide bonds. The Morgan fingerprint density at radius 2 is 1.94 bits per heavy atom. The van der Waals surface area contributed by atoms with Gasteiger partial charge in [0.2, 0.25) is 0 Å². The first-order valence-electron chi connectivity index (χ1n) is 6.30. The molecule has 0 unspecified atom stereocenters. The first kappa shape index (κ1) is 15.0. The number of unbranched alkanes of at least 4 members (excludes halogenated alkanes) is 1. The van der Waals surface area contributed by atoms with Gasteiger partial charge in [-0.3, -0.25) is 0 Å². The van der Waals surface area contributed by atoms with E-state index < -0.39 is 0 Å². The molecule has 0 heterocycles. The van der Waals surface area contributed by atoms with Crippen LogP contribution in [0.2, 0.25) is 0 Å². The van der Waals surface area contributed by atoms with E-state index in [1.165, 1.54) is 12.0 Å². The molecule has 0 aliphatic heterocycles. The van der Waals surface area contributed by atoms with Crippen LogP contribution in [0.5, 0.6) is 0 Å². The highest BCUT2D eigenvalue weighted by Gasteiger charge is 2.16. The van der Waals surface area contributed by atoms with Crippen LogP contribution in [0.3, 0.4) is 0 Å². The van der Waals surface area contributed by atoms with Crippen molar-refractivity contribution >= 4 is 0 Å². The van der Waals surface area contributed by atoms with Crippen LogP contribution in [0.15, 0.2) is 36.1 Å². The summed E-state index contributed by atoms with van der Waals surface area (Å²) in [5.74, 6) is 0. The fourth-order valence-electron chi connectivity index (χ4n) is 1.53. The smallest absolute Gasteiger partial charge is 0.00892 e. The van der Waals surface area contributed by atoms with Crippen molar-refractivity contribution in [1.29, 1.82) is 0 Å². The third kappa shape index (κ3) is 5.79. The Hall–Kier alpha value is -0.980. The fourth-order valence-corrected chi connectivity index (χ4v) is 1.53. The third-order valence-corrected chi connectivity index (χ3v) is 2.59. The van der Waals surface area contributed by atoms with Crippen molar-refractivity contribution in [2.45, 2.75) is 47.0 Å². The van der Waals surface area contributed by atoms with Crippen molar-refractivity contribution in [3.63, 3.8) is 0 Å². The minimum atomic E-state index is 0.100. The maximum atomic E-state index is 3.06. The summed E-state index contributed by atoms with van der Waals surface area (Å²) in [7, 11) is 1.93. The van der Waals surface area contributed by atoms with Crippen LogP contribution in [0, 0.1) is 5.41 Å². The lowest BCUT2D eigenvalue weighted by atomic mass is 9.83. The first-order valence-corrected chi connectivity index (χ1v) is 6.30. The lowest BCUT2D eigenvalue weighted by Crippen LogP contribution is -2.11. The van der Waals surface area contributed by atoms with Gasteiger partial charge >= 0.3 is 0 Å². The monoisotopic (exact) mass is 221 g/mol. The topological polar surface area (TPSA) is 12.0 Å². The van der Waals surface area contributed by atoms with Crippen LogP contribution in [0.25, 0.3) is 0 Å². The van der Waals surface area contributed by atoms with Gasteiger partial charge in [0.05, 0.1) is 0 Å². The maximum Gasteiger partial charge on any atom is 0.00892 e. The number of allylic oxidation sites excluding steroid dienone is 5. The van der Waals surface area contributed by atoms with E-state index >= 15 is 0 Å². The Kier molecular flexibility index (Phi) is 7.70. The quantitative estimate of drug-likeness (QED) is 0.627. The lowest BCUT2D eigenvalue weighted by molar-refractivity contribution is 0.588. The predicted molar refractivity (Wildman–Crippen MR) is 74.4 cm³/mol. The number of nitrogens with one attached hydrogen (secondary N) is 1. The Labute approximate surface area is 101 Å². The Balaban J connectivity index is 4.76. The molecule has 0 spiro atoms. The fraction of sp³-hybridized carbons (Fsp3) is 0.600. The molecule has 0 aliphatic carbocycles. The summed E-state index contributed by atoms with van der Waals surface area (Å²) in [4.78, 5) is 0. The molecule has 92 valence electrons. The van der Waals surface area contributed by atoms with E-state index in [0.717, 1.165) is 12.8 Å². The lowest BCUT2D eigenvalue weighted by Gasteiger charge is -2.22. The molecular formula is C15H27N. The number of hydrogen-bond donors (Lipinski definition) is 1. The van der Waals surface area contributed by atoms with Crippen molar-refractivity contribution in [3.8, 4) is 0 Å². The van der Waals surface area contributed by atoms with Crippen molar-refractivity contribution < 1.29 is 0 Å². The molecule has 1 N–H and O–H groups in total. The summed E-state index contributed by atoms with van der Waals surface area (Å²) >= 11 is 0. The van der Waals surface area contributed by atoms with E-state index in [1.807, 2.05) is 13.2 Å². The summed E-state index contributed by atoms with van der Waals surface area (Å²) in [6.07, 6.45) is 14.5. The van der Waals surface area contributed by atoms with Gasteiger partial charge in [-0.2, -0.15) is 0 Å². The van der Waals surface area contributed by atoms with Gasteiger partial charge < -0.3 is 5.32 Å². The van der Waals surface area contributed by atoms with Crippen molar-refractivity contribution in [2.24, 2.45) is 5.41 Å². The van der Waals surface area contributed by atoms with E-state index in [2.05, 4.69) is 57.3 Å². The molecule has 0 saturated heterocycles. The van der Waals surface area contributed by atoms with E-state index in [0.29, 0.717) is 0 Å². The summed E-state index contributed by atoms with van der Waals surface area (Å²) < 4.78 is 0. The second-order valence-electron chi connectivity index (χ2n) is 4.60. The molecule has 0 aliphatic rings. The van der Waals surface area contributed by atoms with Gasteiger partial charge in [-0.05, 0) is 24.6 Å². The highest BCUT2D eigenvalue weighted by atomic mass is 14.8. The molecular weight excluding hydrogens is 194 g/mol. The molecule has 0 aromatic heterocycles. The second-order valence-corrected chi connectivity index (χ2v) is 4.60. The summed E-state index contributed by atoms with van der Waals surface area (Å²) in [6, 6.07) is 0. The second kappa shape index (κ2) is 8.20. The van der Waals surface area contributed by atoms with Gasteiger partial charge in [0.15, 0.2) is 0 Å². The molecule has 0 fully saturated rings. The van der Waals surface area contributed by atoms with E-state index in [9.17, 15) is 0 Å². The highest BCUT2D eigenvalue weighted by molar-refractivity contribution is 5.29. The summed E-state index contributed by atoms with van der Waals surface area (Å²) in [6.45, 7) is 8.89. The molecule has 0 saturated carbocycles. The van der Waals surface area contributed by atoms with E-state index in [1.54, 1.807) is 0 Å². The van der Waals surface area contributed by atoms with Gasteiger partial charge in [-0.1, -0.05) is 58.4 Å². The van der Waals surface area contributed by atoms with Crippen LogP contribution in [-0.4, -0.2) is 7.05 Å². The molecule has 0 bridgehead atoms. The molecule has 0 radical (unpaired) electrons. The minimum Gasteiger partial charge on any atom is -0.394 e. The van der Waals surface area contributed by atoms with E-state index in [-0.39, 0.29) is 5.41 Å². The number of hydrogen-bond acceptors (Lipinski definition) is 1. The van der Waals surface area contributed by atoms with Gasteiger partial charge in [0, 0.05) is 12.5 Å². The zero-order valence-electron chi connectivity index (χ0n) is 11.5. The Bertz CT molecular complexity index is 257. The van der Waals surface area contributed by atoms with E-state index in [4.69, 9.17) is 0 Å². The largest absolute Gasteiger partial charge is 0.394 e. The SMILES string of the molecule is CC/C=C(\C=C/CCC)C(C)(C)/C=C/NC. The van der Waals surface area contributed by atoms with Gasteiger partial charge in [0.1, 0.15) is 0 Å². The zero-order valence-corrected chi connectivity index (χ0v) is 11.5. The molecule has 1 heteroatoms. The Morgan fingerprint density at radius 1 is 1.25 bits per heavy atom. The normalized spacial score (nSPS) is 13.9. The highest BCUT2D eigenvalue weighted by Crippen LogP contribution is 2.29. The molecule has 16 heavy (non-hydrogen) atoms. The molecule has 0 aromatic rings. The van der Waals surface area contributed by atoms with Crippen molar-refractivity contribution in [2.75, 3.05) is 7.05 Å². The van der Waals surface area contributed by atoms with Crippen LogP contribution in [0.4, 0.5) is 0 Å². The summed E-state index contributed by atoms with van der Waals surface area (Å²) in [5.41, 5.74) is 1.50. The number of rotatable bonds is 7. The standard InChI is InChI=1S/C15H27N/c1-6-8-9-11-14(10-7-2)15(3,4)12-13-16-5/h9-13,16H,6-8H2,1-5H3/b11-9-,13-12+,14-10+. The van der Waals surface area contributed by atoms with Crippen LogP contribution < -0.4 is 5.32 Å². The zero-order chi connectivity index (χ0) is 12.4. The maximum absolute atomic E-state index is 3.06. The average Bonchev–Trinajstić information content (AvgIpc) is 2.25. The van der Waals surface area contributed by atoms with Gasteiger partial charge in [0.25, 0.3) is 0 Å². The summed E-state index contributed by atoms with van der Waals surface area (Å²) in [5, 5.41) is 3.06. The third-order valence-electron chi connectivity index (χ3n) is 2.59. The molecule has 0 atom stereocenters. The molecule has 1 nitrogen and oxygen atoms in total. The van der Waals surface area contributed by atoms with Gasteiger partial charge in [-0.15, -0.1) is 0 Å². The average molecular weight is 221 g/mol. The molecule has 0 rings (SSSR count). The first-order chi connectivity index (χ1) is 7.58. The predicted octanol–water partition coefficient (Wildman–Crippen LogP) is 4.44. The van der Waals surface area contributed by atoms with Crippen LogP contribution >= 0.6 is 0 Å². The minimum absolute atomic E-state index is 0.100. The van der Waals surface area contributed by atoms with Crippen LogP contribution in [0.1, 0.15) is 47.0 Å². The van der Waals surface area contributed by atoms with Crippen LogP contribution in [-0.2, 0) is 0 Å². The Morgan fingerprint density at radius 3 is 2.44 bits per heavy atom. The van der Waals surface area contributed by atoms with Crippen molar-refractivity contribution in [1.82, 2.24) is 5.32 Å².